The van der Waals surface area contributed by atoms with E-state index in [-0.39, 0.29) is 5.41 Å². The number of benzene rings is 1. The van der Waals surface area contributed by atoms with Crippen LogP contribution in [0.2, 0.25) is 0 Å². The molecule has 1 fully saturated rings. The lowest BCUT2D eigenvalue weighted by Gasteiger charge is -2.33. The highest BCUT2D eigenvalue weighted by Crippen LogP contribution is 2.38. The standard InChI is InChI=1S/C17H27NO2/c1-13(2)18-12-17(8-9-20-14(17)3)11-15-6-5-7-16(10-15)19-4/h5-7,10,13-14,18H,8-9,11-12H2,1-4H3. The molecule has 0 amide bonds. The molecule has 20 heavy (non-hydrogen) atoms. The van der Waals surface area contributed by atoms with Crippen molar-refractivity contribution in [3.05, 3.63) is 29.8 Å². The smallest absolute Gasteiger partial charge is 0.119 e. The topological polar surface area (TPSA) is 30.5 Å². The van der Waals surface area contributed by atoms with E-state index in [1.54, 1.807) is 7.11 Å². The van der Waals surface area contributed by atoms with Gasteiger partial charge in [-0.3, -0.25) is 0 Å². The molecule has 0 bridgehead atoms. The van der Waals surface area contributed by atoms with Gasteiger partial charge in [-0.05, 0) is 37.5 Å². The molecule has 1 aliphatic heterocycles. The maximum atomic E-state index is 5.86. The van der Waals surface area contributed by atoms with Gasteiger partial charge in [0.25, 0.3) is 0 Å². The average Bonchev–Trinajstić information content (AvgIpc) is 2.78. The summed E-state index contributed by atoms with van der Waals surface area (Å²) in [6, 6.07) is 8.90. The van der Waals surface area contributed by atoms with Crippen LogP contribution in [0.1, 0.15) is 32.8 Å². The number of rotatable bonds is 6. The summed E-state index contributed by atoms with van der Waals surface area (Å²) in [6.07, 6.45) is 2.44. The molecular formula is C17H27NO2. The zero-order chi connectivity index (χ0) is 14.6. The van der Waals surface area contributed by atoms with Crippen LogP contribution in [0.3, 0.4) is 0 Å². The fourth-order valence-corrected chi connectivity index (χ4v) is 2.94. The van der Waals surface area contributed by atoms with Crippen LogP contribution in [0.25, 0.3) is 0 Å². The van der Waals surface area contributed by atoms with Gasteiger partial charge in [0, 0.05) is 24.6 Å². The van der Waals surface area contributed by atoms with Crippen molar-refractivity contribution in [3.63, 3.8) is 0 Å². The molecule has 1 aromatic carbocycles. The number of ether oxygens (including phenoxy) is 2. The third kappa shape index (κ3) is 3.53. The first-order valence-electron chi connectivity index (χ1n) is 7.54. The molecule has 0 spiro atoms. The number of methoxy groups -OCH3 is 1. The third-order valence-corrected chi connectivity index (χ3v) is 4.38. The van der Waals surface area contributed by atoms with Gasteiger partial charge in [-0.2, -0.15) is 0 Å². The Labute approximate surface area is 122 Å². The molecule has 2 atom stereocenters. The van der Waals surface area contributed by atoms with Crippen molar-refractivity contribution in [2.45, 2.75) is 45.8 Å². The zero-order valence-electron chi connectivity index (χ0n) is 13.1. The first-order chi connectivity index (χ1) is 9.55. The van der Waals surface area contributed by atoms with Crippen molar-refractivity contribution in [3.8, 4) is 5.75 Å². The van der Waals surface area contributed by atoms with Crippen LogP contribution in [-0.2, 0) is 11.2 Å². The zero-order valence-corrected chi connectivity index (χ0v) is 13.1. The second-order valence-electron chi connectivity index (χ2n) is 6.19. The van der Waals surface area contributed by atoms with Crippen molar-refractivity contribution in [1.29, 1.82) is 0 Å². The first-order valence-corrected chi connectivity index (χ1v) is 7.54. The molecule has 0 radical (unpaired) electrons. The van der Waals surface area contributed by atoms with Gasteiger partial charge in [-0.25, -0.2) is 0 Å². The van der Waals surface area contributed by atoms with E-state index in [0.29, 0.717) is 12.1 Å². The Kier molecular flexibility index (Phi) is 5.06. The van der Waals surface area contributed by atoms with Gasteiger partial charge in [-0.15, -0.1) is 0 Å². The van der Waals surface area contributed by atoms with Crippen molar-refractivity contribution in [2.24, 2.45) is 5.41 Å². The van der Waals surface area contributed by atoms with Crippen LogP contribution in [0.4, 0.5) is 0 Å². The lowest BCUT2D eigenvalue weighted by Crippen LogP contribution is -2.43. The molecule has 1 aliphatic rings. The Morgan fingerprint density at radius 3 is 2.85 bits per heavy atom. The molecule has 2 unspecified atom stereocenters. The quantitative estimate of drug-likeness (QED) is 0.867. The van der Waals surface area contributed by atoms with E-state index in [2.05, 4.69) is 44.3 Å². The molecule has 1 aromatic rings. The molecule has 0 aromatic heterocycles. The van der Waals surface area contributed by atoms with E-state index in [9.17, 15) is 0 Å². The van der Waals surface area contributed by atoms with E-state index in [1.807, 2.05) is 6.07 Å². The van der Waals surface area contributed by atoms with Gasteiger partial charge in [0.2, 0.25) is 0 Å². The highest BCUT2D eigenvalue weighted by Gasteiger charge is 2.41. The predicted molar refractivity (Wildman–Crippen MR) is 82.3 cm³/mol. The maximum Gasteiger partial charge on any atom is 0.119 e. The molecule has 2 rings (SSSR count). The summed E-state index contributed by atoms with van der Waals surface area (Å²) in [4.78, 5) is 0. The van der Waals surface area contributed by atoms with Gasteiger partial charge in [0.1, 0.15) is 5.75 Å². The predicted octanol–water partition coefficient (Wildman–Crippen LogP) is 3.03. The third-order valence-electron chi connectivity index (χ3n) is 4.38. The minimum atomic E-state index is 0.191. The van der Waals surface area contributed by atoms with Crippen LogP contribution in [0.5, 0.6) is 5.75 Å². The maximum absolute atomic E-state index is 5.86. The second kappa shape index (κ2) is 6.59. The lowest BCUT2D eigenvalue weighted by atomic mass is 9.76. The molecule has 3 heteroatoms. The van der Waals surface area contributed by atoms with Crippen LogP contribution in [-0.4, -0.2) is 32.4 Å². The first kappa shape index (κ1) is 15.3. The minimum Gasteiger partial charge on any atom is -0.497 e. The van der Waals surface area contributed by atoms with Crippen molar-refractivity contribution in [1.82, 2.24) is 5.32 Å². The summed E-state index contributed by atoms with van der Waals surface area (Å²) in [5, 5.41) is 3.60. The number of hydrogen-bond acceptors (Lipinski definition) is 3. The fraction of sp³-hybridized carbons (Fsp3) is 0.647. The normalized spacial score (nSPS) is 26.1. The molecule has 112 valence electrons. The Morgan fingerprint density at radius 2 is 2.25 bits per heavy atom. The van der Waals surface area contributed by atoms with Crippen LogP contribution in [0.15, 0.2) is 24.3 Å². The average molecular weight is 277 g/mol. The monoisotopic (exact) mass is 277 g/mol. The highest BCUT2D eigenvalue weighted by atomic mass is 16.5. The van der Waals surface area contributed by atoms with Crippen molar-refractivity contribution >= 4 is 0 Å². The molecule has 3 nitrogen and oxygen atoms in total. The lowest BCUT2D eigenvalue weighted by molar-refractivity contribution is 0.0620. The molecule has 1 heterocycles. The van der Waals surface area contributed by atoms with Gasteiger partial charge in [0.15, 0.2) is 0 Å². The van der Waals surface area contributed by atoms with Crippen molar-refractivity contribution < 1.29 is 9.47 Å². The minimum absolute atomic E-state index is 0.191. The summed E-state index contributed by atoms with van der Waals surface area (Å²) < 4.78 is 11.2. The number of nitrogens with one attached hydrogen (secondary N) is 1. The van der Waals surface area contributed by atoms with Crippen molar-refractivity contribution in [2.75, 3.05) is 20.3 Å². The van der Waals surface area contributed by atoms with Crippen LogP contribution in [0, 0.1) is 5.41 Å². The van der Waals surface area contributed by atoms with E-state index in [4.69, 9.17) is 9.47 Å². The van der Waals surface area contributed by atoms with E-state index >= 15 is 0 Å². The molecule has 1 saturated heterocycles. The van der Waals surface area contributed by atoms with Gasteiger partial charge >= 0.3 is 0 Å². The Hall–Kier alpha value is -1.06. The molecule has 0 aliphatic carbocycles. The van der Waals surface area contributed by atoms with Gasteiger partial charge < -0.3 is 14.8 Å². The summed E-state index contributed by atoms with van der Waals surface area (Å²) in [5.41, 5.74) is 1.52. The second-order valence-corrected chi connectivity index (χ2v) is 6.19. The Bertz CT molecular complexity index is 433. The SMILES string of the molecule is COc1cccc(CC2(CNC(C)C)CCOC2C)c1. The highest BCUT2D eigenvalue weighted by molar-refractivity contribution is 5.29. The summed E-state index contributed by atoms with van der Waals surface area (Å²) in [6.45, 7) is 8.46. The van der Waals surface area contributed by atoms with E-state index in [1.165, 1.54) is 5.56 Å². The largest absolute Gasteiger partial charge is 0.497 e. The summed E-state index contributed by atoms with van der Waals surface area (Å²) >= 11 is 0. The Balaban J connectivity index is 2.14. The summed E-state index contributed by atoms with van der Waals surface area (Å²) in [5.74, 6) is 0.932. The fourth-order valence-electron chi connectivity index (χ4n) is 2.94. The number of hydrogen-bond donors (Lipinski definition) is 1. The van der Waals surface area contributed by atoms with Crippen LogP contribution >= 0.6 is 0 Å². The molecule has 0 saturated carbocycles. The van der Waals surface area contributed by atoms with Crippen LogP contribution < -0.4 is 10.1 Å². The van der Waals surface area contributed by atoms with E-state index < -0.39 is 0 Å². The van der Waals surface area contributed by atoms with Gasteiger partial charge in [0.05, 0.1) is 13.2 Å². The van der Waals surface area contributed by atoms with Gasteiger partial charge in [-0.1, -0.05) is 26.0 Å². The summed E-state index contributed by atoms with van der Waals surface area (Å²) in [7, 11) is 1.72. The Morgan fingerprint density at radius 1 is 1.45 bits per heavy atom. The molecule has 1 N–H and O–H groups in total. The molecular weight excluding hydrogens is 250 g/mol. The van der Waals surface area contributed by atoms with E-state index in [0.717, 1.165) is 31.7 Å².